The number of rotatable bonds is 2. The molecular formula is C11H11F3O2. The molecular weight excluding hydrogens is 221 g/mol. The summed E-state index contributed by atoms with van der Waals surface area (Å²) in [7, 11) is 0. The summed E-state index contributed by atoms with van der Waals surface area (Å²) in [6, 6.07) is 8.26. The summed E-state index contributed by atoms with van der Waals surface area (Å²) >= 11 is 0. The second-order valence-corrected chi connectivity index (χ2v) is 3.76. The maximum Gasteiger partial charge on any atom is 0.490 e. The van der Waals surface area contributed by atoms with Gasteiger partial charge >= 0.3 is 12.1 Å². The molecule has 0 heterocycles. The molecule has 1 aromatic carbocycles. The van der Waals surface area contributed by atoms with E-state index in [1.54, 1.807) is 30.3 Å². The van der Waals surface area contributed by atoms with Gasteiger partial charge < -0.3 is 4.74 Å². The maximum absolute atomic E-state index is 12.0. The topological polar surface area (TPSA) is 26.3 Å². The first-order valence-corrected chi connectivity index (χ1v) is 4.59. The molecule has 88 valence electrons. The van der Waals surface area contributed by atoms with Crippen molar-refractivity contribution in [3.05, 3.63) is 35.9 Å². The van der Waals surface area contributed by atoms with Crippen LogP contribution in [0, 0.1) is 0 Å². The molecule has 0 radical (unpaired) electrons. The van der Waals surface area contributed by atoms with Gasteiger partial charge in [0, 0.05) is 0 Å². The quantitative estimate of drug-likeness (QED) is 0.732. The molecule has 0 aliphatic heterocycles. The molecule has 0 aliphatic rings. The number of ether oxygens (including phenoxy) is 1. The summed E-state index contributed by atoms with van der Waals surface area (Å²) in [6.07, 6.45) is -4.97. The van der Waals surface area contributed by atoms with E-state index in [0.717, 1.165) is 0 Å². The first-order valence-electron chi connectivity index (χ1n) is 4.59. The van der Waals surface area contributed by atoms with E-state index >= 15 is 0 Å². The molecule has 0 spiro atoms. The Hall–Kier alpha value is -1.52. The van der Waals surface area contributed by atoms with Gasteiger partial charge in [0.2, 0.25) is 0 Å². The third-order valence-corrected chi connectivity index (χ3v) is 2.05. The number of esters is 1. The van der Waals surface area contributed by atoms with Crippen LogP contribution in [0.1, 0.15) is 19.4 Å². The highest BCUT2D eigenvalue weighted by atomic mass is 19.4. The van der Waals surface area contributed by atoms with Gasteiger partial charge in [0.05, 0.1) is 0 Å². The van der Waals surface area contributed by atoms with Gasteiger partial charge in [-0.2, -0.15) is 13.2 Å². The average Bonchev–Trinajstić information content (AvgIpc) is 2.17. The monoisotopic (exact) mass is 232 g/mol. The fourth-order valence-electron chi connectivity index (χ4n) is 1.19. The molecule has 0 amide bonds. The molecule has 5 heteroatoms. The van der Waals surface area contributed by atoms with Crippen LogP contribution in [0.2, 0.25) is 0 Å². The Morgan fingerprint density at radius 3 is 2.06 bits per heavy atom. The number of carbonyl (C=O) groups is 1. The van der Waals surface area contributed by atoms with E-state index in [2.05, 4.69) is 4.74 Å². The van der Waals surface area contributed by atoms with Crippen molar-refractivity contribution < 1.29 is 22.7 Å². The van der Waals surface area contributed by atoms with Crippen LogP contribution in [-0.2, 0) is 15.1 Å². The Labute approximate surface area is 91.0 Å². The number of benzene rings is 1. The first kappa shape index (κ1) is 12.5. The normalized spacial score (nSPS) is 12.3. The van der Waals surface area contributed by atoms with Crippen molar-refractivity contribution in [3.8, 4) is 0 Å². The molecule has 0 saturated carbocycles. The Morgan fingerprint density at radius 2 is 1.62 bits per heavy atom. The minimum atomic E-state index is -4.97. The minimum Gasteiger partial charge on any atom is -0.448 e. The van der Waals surface area contributed by atoms with Gasteiger partial charge in [-0.25, -0.2) is 4.79 Å². The summed E-state index contributed by atoms with van der Waals surface area (Å²) in [4.78, 5) is 10.7. The van der Waals surface area contributed by atoms with Crippen LogP contribution >= 0.6 is 0 Å². The van der Waals surface area contributed by atoms with Crippen molar-refractivity contribution in [1.82, 2.24) is 0 Å². The molecule has 0 N–H and O–H groups in total. The fourth-order valence-corrected chi connectivity index (χ4v) is 1.19. The highest BCUT2D eigenvalue weighted by Crippen LogP contribution is 2.28. The van der Waals surface area contributed by atoms with Gasteiger partial charge in [-0.15, -0.1) is 0 Å². The Bertz CT molecular complexity index is 369. The van der Waals surface area contributed by atoms with E-state index in [-0.39, 0.29) is 0 Å². The largest absolute Gasteiger partial charge is 0.490 e. The Kier molecular flexibility index (Phi) is 3.26. The van der Waals surface area contributed by atoms with Crippen LogP contribution in [0.4, 0.5) is 13.2 Å². The standard InChI is InChI=1S/C11H11F3O2/c1-10(2,8-6-4-3-5-7-8)16-9(15)11(12,13)14/h3-7H,1-2H3. The lowest BCUT2D eigenvalue weighted by Crippen LogP contribution is -2.34. The van der Waals surface area contributed by atoms with E-state index < -0.39 is 17.7 Å². The maximum atomic E-state index is 12.0. The predicted octanol–water partition coefficient (Wildman–Crippen LogP) is 3.03. The van der Waals surface area contributed by atoms with Crippen LogP contribution in [0.3, 0.4) is 0 Å². The molecule has 1 aromatic rings. The van der Waals surface area contributed by atoms with Crippen LogP contribution < -0.4 is 0 Å². The van der Waals surface area contributed by atoms with Crippen molar-refractivity contribution in [3.63, 3.8) is 0 Å². The lowest BCUT2D eigenvalue weighted by Gasteiger charge is -2.26. The van der Waals surface area contributed by atoms with Crippen molar-refractivity contribution in [2.45, 2.75) is 25.6 Å². The summed E-state index contributed by atoms with van der Waals surface area (Å²) in [5.41, 5.74) is -0.791. The van der Waals surface area contributed by atoms with Gasteiger partial charge in [-0.3, -0.25) is 0 Å². The van der Waals surface area contributed by atoms with E-state index in [4.69, 9.17) is 0 Å². The molecule has 0 aliphatic carbocycles. The molecule has 0 atom stereocenters. The zero-order valence-corrected chi connectivity index (χ0v) is 8.84. The smallest absolute Gasteiger partial charge is 0.448 e. The molecule has 0 bridgehead atoms. The third kappa shape index (κ3) is 2.98. The van der Waals surface area contributed by atoms with Crippen molar-refractivity contribution >= 4 is 5.97 Å². The number of alkyl halides is 3. The molecule has 0 unspecified atom stereocenters. The molecule has 0 fully saturated rings. The van der Waals surface area contributed by atoms with E-state index in [1.807, 2.05) is 0 Å². The minimum absolute atomic E-state index is 0.507. The second-order valence-electron chi connectivity index (χ2n) is 3.76. The summed E-state index contributed by atoms with van der Waals surface area (Å²) in [5.74, 6) is -2.18. The van der Waals surface area contributed by atoms with Crippen LogP contribution in [-0.4, -0.2) is 12.1 Å². The zero-order chi connectivity index (χ0) is 12.4. The van der Waals surface area contributed by atoms with Crippen LogP contribution in [0.5, 0.6) is 0 Å². The molecule has 2 nitrogen and oxygen atoms in total. The van der Waals surface area contributed by atoms with Crippen molar-refractivity contribution in [2.75, 3.05) is 0 Å². The van der Waals surface area contributed by atoms with Gasteiger partial charge in [0.25, 0.3) is 0 Å². The van der Waals surface area contributed by atoms with Gasteiger partial charge in [-0.1, -0.05) is 30.3 Å². The predicted molar refractivity (Wildman–Crippen MR) is 51.6 cm³/mol. The number of halogens is 3. The van der Waals surface area contributed by atoms with Gasteiger partial charge in [0.15, 0.2) is 0 Å². The van der Waals surface area contributed by atoms with Crippen LogP contribution in [0.25, 0.3) is 0 Å². The Balaban J connectivity index is 2.85. The summed E-state index contributed by atoms with van der Waals surface area (Å²) < 4.78 is 40.5. The van der Waals surface area contributed by atoms with Crippen LogP contribution in [0.15, 0.2) is 30.3 Å². The number of hydrogen-bond donors (Lipinski definition) is 0. The zero-order valence-electron chi connectivity index (χ0n) is 8.84. The summed E-state index contributed by atoms with van der Waals surface area (Å²) in [5, 5.41) is 0. The molecule has 0 saturated heterocycles. The average molecular weight is 232 g/mol. The van der Waals surface area contributed by atoms with E-state index in [9.17, 15) is 18.0 Å². The fraction of sp³-hybridized carbons (Fsp3) is 0.364. The highest BCUT2D eigenvalue weighted by Gasteiger charge is 2.44. The number of hydrogen-bond acceptors (Lipinski definition) is 2. The lowest BCUT2D eigenvalue weighted by molar-refractivity contribution is -0.212. The van der Waals surface area contributed by atoms with Gasteiger partial charge in [0.1, 0.15) is 5.60 Å². The van der Waals surface area contributed by atoms with E-state index in [0.29, 0.717) is 5.56 Å². The highest BCUT2D eigenvalue weighted by molar-refractivity contribution is 5.76. The van der Waals surface area contributed by atoms with E-state index in [1.165, 1.54) is 13.8 Å². The lowest BCUT2D eigenvalue weighted by atomic mass is 9.98. The first-order chi connectivity index (χ1) is 7.23. The molecule has 1 rings (SSSR count). The van der Waals surface area contributed by atoms with Crippen molar-refractivity contribution in [1.29, 1.82) is 0 Å². The number of carbonyl (C=O) groups excluding carboxylic acids is 1. The van der Waals surface area contributed by atoms with Gasteiger partial charge in [-0.05, 0) is 19.4 Å². The summed E-state index contributed by atoms with van der Waals surface area (Å²) in [6.45, 7) is 2.82. The Morgan fingerprint density at radius 1 is 1.12 bits per heavy atom. The SMILES string of the molecule is CC(C)(OC(=O)C(F)(F)F)c1ccccc1. The molecule has 16 heavy (non-hydrogen) atoms. The third-order valence-electron chi connectivity index (χ3n) is 2.05. The molecule has 0 aromatic heterocycles. The van der Waals surface area contributed by atoms with Crippen molar-refractivity contribution in [2.24, 2.45) is 0 Å². The second kappa shape index (κ2) is 4.15.